The normalized spacial score (nSPS) is 10.6. The van der Waals surface area contributed by atoms with Crippen molar-refractivity contribution in [2.45, 2.75) is 6.92 Å². The van der Waals surface area contributed by atoms with Gasteiger partial charge in [0, 0.05) is 24.0 Å². The van der Waals surface area contributed by atoms with Gasteiger partial charge in [0.05, 0.1) is 16.2 Å². The number of rotatable bonds is 3. The number of nitrogens with zero attached hydrogens (tertiary/aromatic N) is 4. The molecule has 3 aromatic rings. The highest BCUT2D eigenvalue weighted by atomic mass is 16.6. The van der Waals surface area contributed by atoms with E-state index >= 15 is 0 Å². The number of aromatic nitrogens is 3. The molecular weight excluding hydrogens is 284 g/mol. The monoisotopic (exact) mass is 296 g/mol. The maximum atomic E-state index is 11.1. The Morgan fingerprint density at radius 1 is 1.23 bits per heavy atom. The van der Waals surface area contributed by atoms with Gasteiger partial charge in [0.2, 0.25) is 0 Å². The molecule has 0 aliphatic heterocycles. The zero-order valence-corrected chi connectivity index (χ0v) is 11.7. The van der Waals surface area contributed by atoms with Crippen molar-refractivity contribution in [3.8, 4) is 22.6 Å². The first kappa shape index (κ1) is 13.7. The molecule has 0 bridgehead atoms. The lowest BCUT2D eigenvalue weighted by Crippen LogP contribution is -2.00. The minimum absolute atomic E-state index is 0.111. The molecule has 0 aliphatic carbocycles. The second-order valence-electron chi connectivity index (χ2n) is 4.70. The molecule has 7 heteroatoms. The van der Waals surface area contributed by atoms with E-state index in [1.807, 2.05) is 0 Å². The largest absolute Gasteiger partial charge is 0.426 e. The van der Waals surface area contributed by atoms with Crippen LogP contribution < -0.4 is 0 Å². The quantitative estimate of drug-likeness (QED) is 0.455. The SMILES string of the molecule is Cc1nc(-c2ccccc2[N+](=O)[O-])n(O)c1-c1cccnc1. The van der Waals surface area contributed by atoms with Gasteiger partial charge in [-0.2, -0.15) is 4.73 Å². The molecule has 110 valence electrons. The fourth-order valence-corrected chi connectivity index (χ4v) is 2.35. The van der Waals surface area contributed by atoms with E-state index < -0.39 is 4.92 Å². The molecule has 0 fully saturated rings. The molecule has 0 unspecified atom stereocenters. The van der Waals surface area contributed by atoms with Crippen molar-refractivity contribution in [2.75, 3.05) is 0 Å². The van der Waals surface area contributed by atoms with Gasteiger partial charge in [0.15, 0.2) is 5.82 Å². The molecule has 7 nitrogen and oxygen atoms in total. The molecule has 2 aromatic heterocycles. The third-order valence-electron chi connectivity index (χ3n) is 3.31. The molecule has 0 atom stereocenters. The van der Waals surface area contributed by atoms with Crippen LogP contribution in [-0.2, 0) is 0 Å². The Balaban J connectivity index is 2.22. The maximum Gasteiger partial charge on any atom is 0.280 e. The van der Waals surface area contributed by atoms with Gasteiger partial charge < -0.3 is 5.21 Å². The molecular formula is C15H12N4O3. The van der Waals surface area contributed by atoms with Crippen molar-refractivity contribution < 1.29 is 10.1 Å². The Bertz CT molecular complexity index is 843. The second-order valence-corrected chi connectivity index (χ2v) is 4.70. The van der Waals surface area contributed by atoms with E-state index in [1.54, 1.807) is 49.6 Å². The Hall–Kier alpha value is -3.22. The van der Waals surface area contributed by atoms with Crippen LogP contribution in [-0.4, -0.2) is 24.8 Å². The number of pyridine rings is 1. The van der Waals surface area contributed by atoms with Crippen molar-refractivity contribution in [3.63, 3.8) is 0 Å². The first-order chi connectivity index (χ1) is 10.6. The third kappa shape index (κ3) is 2.18. The summed E-state index contributed by atoms with van der Waals surface area (Å²) in [4.78, 5) is 18.9. The summed E-state index contributed by atoms with van der Waals surface area (Å²) in [6, 6.07) is 9.69. The highest BCUT2D eigenvalue weighted by Crippen LogP contribution is 2.32. The molecule has 3 rings (SSSR count). The summed E-state index contributed by atoms with van der Waals surface area (Å²) in [5.74, 6) is 0.128. The van der Waals surface area contributed by atoms with Crippen molar-refractivity contribution >= 4 is 5.69 Å². The van der Waals surface area contributed by atoms with Gasteiger partial charge in [-0.25, -0.2) is 4.98 Å². The number of hydrogen-bond donors (Lipinski definition) is 1. The van der Waals surface area contributed by atoms with E-state index in [-0.39, 0.29) is 17.1 Å². The minimum Gasteiger partial charge on any atom is -0.426 e. The predicted molar refractivity (Wildman–Crippen MR) is 79.5 cm³/mol. The van der Waals surface area contributed by atoms with Crippen molar-refractivity contribution in [1.82, 2.24) is 14.7 Å². The van der Waals surface area contributed by atoms with Crippen molar-refractivity contribution in [3.05, 3.63) is 64.6 Å². The van der Waals surface area contributed by atoms with Crippen LogP contribution in [0.2, 0.25) is 0 Å². The van der Waals surface area contributed by atoms with E-state index in [1.165, 1.54) is 6.07 Å². The van der Waals surface area contributed by atoms with Gasteiger partial charge in [0.25, 0.3) is 5.69 Å². The van der Waals surface area contributed by atoms with E-state index in [0.717, 1.165) is 4.73 Å². The van der Waals surface area contributed by atoms with E-state index in [2.05, 4.69) is 9.97 Å². The van der Waals surface area contributed by atoms with E-state index in [9.17, 15) is 15.3 Å². The molecule has 0 radical (unpaired) electrons. The number of benzene rings is 1. The summed E-state index contributed by atoms with van der Waals surface area (Å²) < 4.78 is 0.870. The summed E-state index contributed by atoms with van der Waals surface area (Å²) >= 11 is 0. The number of para-hydroxylation sites is 1. The van der Waals surface area contributed by atoms with Crippen LogP contribution in [0.3, 0.4) is 0 Å². The molecule has 0 amide bonds. The fourth-order valence-electron chi connectivity index (χ4n) is 2.35. The van der Waals surface area contributed by atoms with Crippen LogP contribution in [0.25, 0.3) is 22.6 Å². The summed E-state index contributed by atoms with van der Waals surface area (Å²) in [5, 5.41) is 21.6. The van der Waals surface area contributed by atoms with Crippen molar-refractivity contribution in [2.24, 2.45) is 0 Å². The number of nitro groups is 1. The molecule has 0 aliphatic rings. The first-order valence-corrected chi connectivity index (χ1v) is 6.52. The first-order valence-electron chi connectivity index (χ1n) is 6.52. The number of imidazole rings is 1. The Kier molecular flexibility index (Phi) is 3.30. The Labute approximate surface area is 125 Å². The standard InChI is InChI=1S/C15H12N4O3/c1-10-14(11-5-4-8-16-9-11)18(20)15(17-10)12-6-2-3-7-13(12)19(21)22/h2-9,20H,1H3. The minimum atomic E-state index is -0.497. The highest BCUT2D eigenvalue weighted by molar-refractivity contribution is 5.73. The number of aryl methyl sites for hydroxylation is 1. The van der Waals surface area contributed by atoms with Crippen LogP contribution in [0.1, 0.15) is 5.69 Å². The molecule has 0 spiro atoms. The summed E-state index contributed by atoms with van der Waals surface area (Å²) in [6.45, 7) is 1.73. The third-order valence-corrected chi connectivity index (χ3v) is 3.31. The molecule has 22 heavy (non-hydrogen) atoms. The smallest absolute Gasteiger partial charge is 0.280 e. The molecule has 1 N–H and O–H groups in total. The van der Waals surface area contributed by atoms with Crippen LogP contribution in [0.4, 0.5) is 5.69 Å². The number of hydrogen-bond acceptors (Lipinski definition) is 5. The van der Waals surface area contributed by atoms with E-state index in [4.69, 9.17) is 0 Å². The Morgan fingerprint density at radius 2 is 2.00 bits per heavy atom. The van der Waals surface area contributed by atoms with Gasteiger partial charge in [-0.1, -0.05) is 12.1 Å². The van der Waals surface area contributed by atoms with Gasteiger partial charge >= 0.3 is 0 Å². The average molecular weight is 296 g/mol. The Morgan fingerprint density at radius 3 is 2.68 bits per heavy atom. The second kappa shape index (κ2) is 5.28. The average Bonchev–Trinajstić information content (AvgIpc) is 2.83. The van der Waals surface area contributed by atoms with Crippen molar-refractivity contribution in [1.29, 1.82) is 0 Å². The maximum absolute atomic E-state index is 11.1. The fraction of sp³-hybridized carbons (Fsp3) is 0.0667. The number of nitro benzene ring substituents is 1. The lowest BCUT2D eigenvalue weighted by atomic mass is 10.1. The summed E-state index contributed by atoms with van der Waals surface area (Å²) in [6.07, 6.45) is 3.22. The van der Waals surface area contributed by atoms with Gasteiger partial charge in [-0.3, -0.25) is 15.1 Å². The van der Waals surface area contributed by atoms with Crippen LogP contribution in [0, 0.1) is 17.0 Å². The van der Waals surface area contributed by atoms with Crippen LogP contribution in [0.15, 0.2) is 48.8 Å². The summed E-state index contributed by atoms with van der Waals surface area (Å²) in [5.41, 5.74) is 1.85. The van der Waals surface area contributed by atoms with Gasteiger partial charge in [-0.15, -0.1) is 0 Å². The zero-order valence-electron chi connectivity index (χ0n) is 11.7. The lowest BCUT2D eigenvalue weighted by Gasteiger charge is -2.05. The molecule has 1 aromatic carbocycles. The summed E-state index contributed by atoms with van der Waals surface area (Å²) in [7, 11) is 0. The van der Waals surface area contributed by atoms with Gasteiger partial charge in [0.1, 0.15) is 5.69 Å². The van der Waals surface area contributed by atoms with Gasteiger partial charge in [-0.05, 0) is 25.1 Å². The zero-order chi connectivity index (χ0) is 15.7. The topological polar surface area (TPSA) is 94.1 Å². The van der Waals surface area contributed by atoms with Crippen LogP contribution in [0.5, 0.6) is 0 Å². The van der Waals surface area contributed by atoms with E-state index in [0.29, 0.717) is 17.0 Å². The molecule has 2 heterocycles. The van der Waals surface area contributed by atoms with Crippen LogP contribution >= 0.6 is 0 Å². The molecule has 0 saturated heterocycles. The molecule has 0 saturated carbocycles. The highest BCUT2D eigenvalue weighted by Gasteiger charge is 2.23. The predicted octanol–water partition coefficient (Wildman–Crippen LogP) is 3.07. The lowest BCUT2D eigenvalue weighted by molar-refractivity contribution is -0.384.